The molecule has 0 radical (unpaired) electrons. The Kier molecular flexibility index (Phi) is 4.30. The molecule has 6 heteroatoms. The van der Waals surface area contributed by atoms with Crippen LogP contribution in [0.2, 0.25) is 0 Å². The van der Waals surface area contributed by atoms with Gasteiger partial charge in [0.2, 0.25) is 0 Å². The first-order valence-electron chi connectivity index (χ1n) is 8.19. The molecule has 0 fully saturated rings. The van der Waals surface area contributed by atoms with Crippen molar-refractivity contribution in [3.63, 3.8) is 0 Å². The molecule has 0 atom stereocenters. The first kappa shape index (κ1) is 15.8. The van der Waals surface area contributed by atoms with Crippen LogP contribution < -0.4 is 5.32 Å². The average Bonchev–Trinajstić information content (AvgIpc) is 3.33. The van der Waals surface area contributed by atoms with Crippen LogP contribution in [-0.2, 0) is 6.54 Å². The van der Waals surface area contributed by atoms with Gasteiger partial charge < -0.3 is 14.4 Å². The molecule has 0 unspecified atom stereocenters. The Morgan fingerprint density at radius 2 is 1.69 bits per heavy atom. The standard InChI is InChI=1S/C20H16N4O2/c25-19(21-16-10-5-2-6-11-16)17-12-7-13-24(17)14-18-22-20(26-23-18)15-8-3-1-4-9-15/h1-13H,14H2,(H,21,25). The lowest BCUT2D eigenvalue weighted by molar-refractivity contribution is 0.101. The van der Waals surface area contributed by atoms with E-state index >= 15 is 0 Å². The second-order valence-electron chi connectivity index (χ2n) is 5.72. The quantitative estimate of drug-likeness (QED) is 0.597. The normalized spacial score (nSPS) is 10.6. The van der Waals surface area contributed by atoms with Crippen LogP contribution >= 0.6 is 0 Å². The van der Waals surface area contributed by atoms with Crippen molar-refractivity contribution < 1.29 is 9.32 Å². The van der Waals surface area contributed by atoms with Gasteiger partial charge in [0.05, 0.1) is 6.54 Å². The van der Waals surface area contributed by atoms with Crippen molar-refractivity contribution in [1.29, 1.82) is 0 Å². The summed E-state index contributed by atoms with van der Waals surface area (Å²) in [6.45, 7) is 0.348. The van der Waals surface area contributed by atoms with Gasteiger partial charge in [-0.15, -0.1) is 0 Å². The van der Waals surface area contributed by atoms with Crippen LogP contribution in [-0.4, -0.2) is 20.6 Å². The molecule has 0 aliphatic heterocycles. The second kappa shape index (κ2) is 7.06. The Hall–Kier alpha value is -3.67. The minimum Gasteiger partial charge on any atom is -0.336 e. The molecule has 2 aromatic carbocycles. The summed E-state index contributed by atoms with van der Waals surface area (Å²) in [6.07, 6.45) is 1.82. The fourth-order valence-corrected chi connectivity index (χ4v) is 2.64. The highest BCUT2D eigenvalue weighted by Crippen LogP contribution is 2.17. The van der Waals surface area contributed by atoms with Crippen LogP contribution in [0.4, 0.5) is 5.69 Å². The van der Waals surface area contributed by atoms with E-state index < -0.39 is 0 Å². The van der Waals surface area contributed by atoms with Crippen molar-refractivity contribution in [2.24, 2.45) is 0 Å². The summed E-state index contributed by atoms with van der Waals surface area (Å²) in [4.78, 5) is 16.9. The van der Waals surface area contributed by atoms with Crippen LogP contribution in [0.3, 0.4) is 0 Å². The number of para-hydroxylation sites is 1. The second-order valence-corrected chi connectivity index (χ2v) is 5.72. The Labute approximate surface area is 150 Å². The van der Waals surface area contributed by atoms with Gasteiger partial charge in [-0.3, -0.25) is 4.79 Å². The van der Waals surface area contributed by atoms with E-state index in [1.54, 1.807) is 10.6 Å². The molecule has 6 nitrogen and oxygen atoms in total. The lowest BCUT2D eigenvalue weighted by atomic mass is 10.2. The Morgan fingerprint density at radius 1 is 0.962 bits per heavy atom. The summed E-state index contributed by atoms with van der Waals surface area (Å²) < 4.78 is 7.11. The highest BCUT2D eigenvalue weighted by molar-refractivity contribution is 6.03. The van der Waals surface area contributed by atoms with E-state index in [1.165, 1.54) is 0 Å². The lowest BCUT2D eigenvalue weighted by Gasteiger charge is -2.08. The number of carbonyl (C=O) groups excluding carboxylic acids is 1. The molecule has 0 aliphatic carbocycles. The summed E-state index contributed by atoms with van der Waals surface area (Å²) in [6, 6.07) is 22.5. The SMILES string of the molecule is O=C(Nc1ccccc1)c1cccn1Cc1noc(-c2ccccc2)n1. The van der Waals surface area contributed by atoms with E-state index in [9.17, 15) is 4.79 Å². The summed E-state index contributed by atoms with van der Waals surface area (Å²) in [7, 11) is 0. The highest BCUT2D eigenvalue weighted by atomic mass is 16.5. The average molecular weight is 344 g/mol. The molecule has 128 valence electrons. The van der Waals surface area contributed by atoms with Crippen LogP contribution in [0.1, 0.15) is 16.3 Å². The van der Waals surface area contributed by atoms with Gasteiger partial charge in [-0.25, -0.2) is 0 Å². The molecule has 4 rings (SSSR count). The van der Waals surface area contributed by atoms with E-state index in [4.69, 9.17) is 4.52 Å². The first-order valence-corrected chi connectivity index (χ1v) is 8.19. The topological polar surface area (TPSA) is 73.0 Å². The van der Waals surface area contributed by atoms with Crippen molar-refractivity contribution in [3.05, 3.63) is 90.5 Å². The minimum atomic E-state index is -0.187. The van der Waals surface area contributed by atoms with Gasteiger partial charge in [0.1, 0.15) is 5.69 Å². The molecule has 0 spiro atoms. The van der Waals surface area contributed by atoms with Gasteiger partial charge in [0.25, 0.3) is 11.8 Å². The zero-order valence-electron chi connectivity index (χ0n) is 13.9. The number of aromatic nitrogens is 3. The van der Waals surface area contributed by atoms with Gasteiger partial charge in [0, 0.05) is 17.4 Å². The number of carbonyl (C=O) groups is 1. The van der Waals surface area contributed by atoms with E-state index in [2.05, 4.69) is 15.5 Å². The van der Waals surface area contributed by atoms with E-state index in [0.717, 1.165) is 11.3 Å². The number of hydrogen-bond acceptors (Lipinski definition) is 4. The van der Waals surface area contributed by atoms with Gasteiger partial charge in [0.15, 0.2) is 5.82 Å². The number of benzene rings is 2. The number of nitrogens with one attached hydrogen (secondary N) is 1. The molecule has 0 aliphatic rings. The number of amides is 1. The third-order valence-corrected chi connectivity index (χ3v) is 3.89. The Morgan fingerprint density at radius 3 is 2.46 bits per heavy atom. The van der Waals surface area contributed by atoms with Gasteiger partial charge >= 0.3 is 0 Å². The number of anilines is 1. The van der Waals surface area contributed by atoms with Gasteiger partial charge in [-0.2, -0.15) is 4.98 Å². The molecule has 4 aromatic rings. The number of hydrogen-bond donors (Lipinski definition) is 1. The maximum absolute atomic E-state index is 12.5. The third-order valence-electron chi connectivity index (χ3n) is 3.89. The van der Waals surface area contributed by atoms with E-state index in [-0.39, 0.29) is 5.91 Å². The van der Waals surface area contributed by atoms with Crippen molar-refractivity contribution in [2.45, 2.75) is 6.54 Å². The first-order chi connectivity index (χ1) is 12.8. The Balaban J connectivity index is 1.51. The monoisotopic (exact) mass is 344 g/mol. The lowest BCUT2D eigenvalue weighted by Crippen LogP contribution is -2.17. The fourth-order valence-electron chi connectivity index (χ4n) is 2.64. The van der Waals surface area contributed by atoms with Crippen LogP contribution in [0.25, 0.3) is 11.5 Å². The fraction of sp³-hybridized carbons (Fsp3) is 0.0500. The maximum Gasteiger partial charge on any atom is 0.272 e. The zero-order valence-corrected chi connectivity index (χ0v) is 13.9. The van der Waals surface area contributed by atoms with Crippen LogP contribution in [0.5, 0.6) is 0 Å². The molecule has 1 amide bonds. The van der Waals surface area contributed by atoms with Crippen molar-refractivity contribution in [1.82, 2.24) is 14.7 Å². The maximum atomic E-state index is 12.5. The molecule has 2 aromatic heterocycles. The van der Waals surface area contributed by atoms with Crippen LogP contribution in [0, 0.1) is 0 Å². The molecular formula is C20H16N4O2. The molecule has 2 heterocycles. The van der Waals surface area contributed by atoms with Crippen LogP contribution in [0.15, 0.2) is 83.5 Å². The summed E-state index contributed by atoms with van der Waals surface area (Å²) >= 11 is 0. The third kappa shape index (κ3) is 3.39. The van der Waals surface area contributed by atoms with E-state index in [1.807, 2.05) is 72.9 Å². The largest absolute Gasteiger partial charge is 0.336 e. The molecular weight excluding hydrogens is 328 g/mol. The molecule has 0 saturated heterocycles. The summed E-state index contributed by atoms with van der Waals surface area (Å²) in [5.74, 6) is 0.782. The van der Waals surface area contributed by atoms with Crippen molar-refractivity contribution >= 4 is 11.6 Å². The van der Waals surface area contributed by atoms with E-state index in [0.29, 0.717) is 24.0 Å². The minimum absolute atomic E-state index is 0.187. The van der Waals surface area contributed by atoms with Gasteiger partial charge in [-0.1, -0.05) is 41.6 Å². The predicted molar refractivity (Wildman–Crippen MR) is 97.7 cm³/mol. The predicted octanol–water partition coefficient (Wildman–Crippen LogP) is 3.84. The molecule has 0 bridgehead atoms. The Bertz CT molecular complexity index is 1010. The number of nitrogens with zero attached hydrogens (tertiary/aromatic N) is 3. The van der Waals surface area contributed by atoms with Crippen molar-refractivity contribution in [3.8, 4) is 11.5 Å². The zero-order chi connectivity index (χ0) is 17.8. The van der Waals surface area contributed by atoms with Gasteiger partial charge in [-0.05, 0) is 36.4 Å². The molecule has 0 saturated carbocycles. The number of rotatable bonds is 5. The molecule has 26 heavy (non-hydrogen) atoms. The molecule has 1 N–H and O–H groups in total. The van der Waals surface area contributed by atoms with Crippen molar-refractivity contribution in [2.75, 3.05) is 5.32 Å². The highest BCUT2D eigenvalue weighted by Gasteiger charge is 2.14. The summed E-state index contributed by atoms with van der Waals surface area (Å²) in [5.41, 5.74) is 2.14. The smallest absolute Gasteiger partial charge is 0.272 e. The summed E-state index contributed by atoms with van der Waals surface area (Å²) in [5, 5.41) is 6.89.